The molecule has 1 aromatic carbocycles. The van der Waals surface area contributed by atoms with Gasteiger partial charge in [0.1, 0.15) is 6.61 Å². The van der Waals surface area contributed by atoms with Crippen LogP contribution in [0.15, 0.2) is 18.2 Å². The van der Waals surface area contributed by atoms with Crippen molar-refractivity contribution >= 4 is 17.6 Å². The molecule has 0 bridgehead atoms. The Morgan fingerprint density at radius 1 is 1.44 bits per heavy atom. The van der Waals surface area contributed by atoms with Gasteiger partial charge in [0.25, 0.3) is 0 Å². The Morgan fingerprint density at radius 3 is 2.88 bits per heavy atom. The van der Waals surface area contributed by atoms with Gasteiger partial charge in [0, 0.05) is 17.2 Å². The number of hydrogen-bond donors (Lipinski definition) is 1. The van der Waals surface area contributed by atoms with E-state index in [-0.39, 0.29) is 17.8 Å². The van der Waals surface area contributed by atoms with Gasteiger partial charge in [0.2, 0.25) is 5.91 Å². The fourth-order valence-corrected chi connectivity index (χ4v) is 1.50. The number of benzene rings is 1. The second kappa shape index (κ2) is 3.96. The lowest BCUT2D eigenvalue weighted by molar-refractivity contribution is -0.118. The smallest absolute Gasteiger partial charge is 0.338 e. The topological polar surface area (TPSA) is 55.4 Å². The van der Waals surface area contributed by atoms with Crippen molar-refractivity contribution in [1.29, 1.82) is 0 Å². The van der Waals surface area contributed by atoms with Gasteiger partial charge < -0.3 is 10.1 Å². The molecule has 0 radical (unpaired) electrons. The number of cyclic esters (lactones) is 1. The summed E-state index contributed by atoms with van der Waals surface area (Å²) < 4.78 is 4.88. The molecule has 16 heavy (non-hydrogen) atoms. The summed E-state index contributed by atoms with van der Waals surface area (Å²) in [5, 5.41) is 2.78. The van der Waals surface area contributed by atoms with E-state index < -0.39 is 0 Å². The van der Waals surface area contributed by atoms with Gasteiger partial charge in [-0.15, -0.1) is 0 Å². The fourth-order valence-electron chi connectivity index (χ4n) is 1.50. The lowest BCUT2D eigenvalue weighted by atomic mass is 10.1. The van der Waals surface area contributed by atoms with E-state index in [1.54, 1.807) is 18.2 Å². The molecule has 1 aromatic rings. The first-order chi connectivity index (χ1) is 7.58. The average molecular weight is 219 g/mol. The minimum absolute atomic E-state index is 0.0369. The van der Waals surface area contributed by atoms with E-state index in [2.05, 4.69) is 5.32 Å². The largest absolute Gasteiger partial charge is 0.457 e. The van der Waals surface area contributed by atoms with E-state index in [1.165, 1.54) is 0 Å². The molecule has 84 valence electrons. The molecular weight excluding hydrogens is 206 g/mol. The number of carbonyl (C=O) groups excluding carboxylic acids is 2. The molecule has 0 atom stereocenters. The fraction of sp³-hybridized carbons (Fsp3) is 0.333. The SMILES string of the molecule is CC(C)C(=O)Nc1ccc2c(c1)COC2=O. The molecule has 1 amide bonds. The Labute approximate surface area is 93.6 Å². The molecular formula is C12H13NO3. The van der Waals surface area contributed by atoms with Crippen LogP contribution in [0.3, 0.4) is 0 Å². The van der Waals surface area contributed by atoms with Crippen molar-refractivity contribution in [3.8, 4) is 0 Å². The van der Waals surface area contributed by atoms with E-state index in [0.717, 1.165) is 5.56 Å². The van der Waals surface area contributed by atoms with Crippen LogP contribution in [0.25, 0.3) is 0 Å². The van der Waals surface area contributed by atoms with E-state index in [4.69, 9.17) is 4.74 Å². The van der Waals surface area contributed by atoms with Gasteiger partial charge in [-0.3, -0.25) is 4.79 Å². The monoisotopic (exact) mass is 219 g/mol. The van der Waals surface area contributed by atoms with E-state index in [0.29, 0.717) is 17.9 Å². The lowest BCUT2D eigenvalue weighted by Gasteiger charge is -2.08. The van der Waals surface area contributed by atoms with Crippen LogP contribution in [0, 0.1) is 5.92 Å². The Balaban J connectivity index is 2.20. The Kier molecular flexibility index (Phi) is 2.64. The van der Waals surface area contributed by atoms with Crippen molar-refractivity contribution in [1.82, 2.24) is 0 Å². The van der Waals surface area contributed by atoms with Gasteiger partial charge in [-0.1, -0.05) is 13.8 Å². The van der Waals surface area contributed by atoms with Crippen molar-refractivity contribution in [3.63, 3.8) is 0 Å². The predicted octanol–water partition coefficient (Wildman–Crippen LogP) is 1.95. The molecule has 4 nitrogen and oxygen atoms in total. The van der Waals surface area contributed by atoms with Gasteiger partial charge in [-0.25, -0.2) is 4.79 Å². The summed E-state index contributed by atoms with van der Waals surface area (Å²) in [6.07, 6.45) is 0. The van der Waals surface area contributed by atoms with Crippen LogP contribution in [0.1, 0.15) is 29.8 Å². The zero-order chi connectivity index (χ0) is 11.7. The van der Waals surface area contributed by atoms with E-state index in [1.807, 2.05) is 13.8 Å². The highest BCUT2D eigenvalue weighted by molar-refractivity contribution is 5.96. The van der Waals surface area contributed by atoms with Crippen LogP contribution in [-0.4, -0.2) is 11.9 Å². The van der Waals surface area contributed by atoms with Crippen molar-refractivity contribution < 1.29 is 14.3 Å². The number of hydrogen-bond acceptors (Lipinski definition) is 3. The third kappa shape index (κ3) is 1.91. The number of anilines is 1. The van der Waals surface area contributed by atoms with Crippen LogP contribution in [0.2, 0.25) is 0 Å². The van der Waals surface area contributed by atoms with Crippen LogP contribution < -0.4 is 5.32 Å². The zero-order valence-corrected chi connectivity index (χ0v) is 9.24. The maximum atomic E-state index is 11.5. The van der Waals surface area contributed by atoms with Crippen LogP contribution in [0.4, 0.5) is 5.69 Å². The molecule has 0 saturated carbocycles. The highest BCUT2D eigenvalue weighted by Crippen LogP contribution is 2.23. The van der Waals surface area contributed by atoms with Gasteiger partial charge in [0.05, 0.1) is 5.56 Å². The summed E-state index contributed by atoms with van der Waals surface area (Å²) in [6.45, 7) is 3.95. The molecule has 0 unspecified atom stereocenters. The summed E-state index contributed by atoms with van der Waals surface area (Å²) in [7, 11) is 0. The molecule has 1 aliphatic rings. The second-order valence-electron chi connectivity index (χ2n) is 4.09. The predicted molar refractivity (Wildman–Crippen MR) is 59.0 cm³/mol. The molecule has 0 aromatic heterocycles. The zero-order valence-electron chi connectivity index (χ0n) is 9.24. The number of ether oxygens (including phenoxy) is 1. The average Bonchev–Trinajstić information content (AvgIpc) is 2.60. The van der Waals surface area contributed by atoms with Gasteiger partial charge >= 0.3 is 5.97 Å². The molecule has 2 rings (SSSR count). The Hall–Kier alpha value is -1.84. The normalized spacial score (nSPS) is 13.6. The molecule has 0 fully saturated rings. The molecule has 0 aliphatic carbocycles. The number of rotatable bonds is 2. The van der Waals surface area contributed by atoms with Crippen molar-refractivity contribution in [3.05, 3.63) is 29.3 Å². The summed E-state index contributed by atoms with van der Waals surface area (Å²) in [6, 6.07) is 5.17. The van der Waals surface area contributed by atoms with Crippen molar-refractivity contribution in [2.45, 2.75) is 20.5 Å². The minimum Gasteiger partial charge on any atom is -0.457 e. The van der Waals surface area contributed by atoms with Gasteiger partial charge in [0.15, 0.2) is 0 Å². The van der Waals surface area contributed by atoms with Crippen molar-refractivity contribution in [2.24, 2.45) is 5.92 Å². The summed E-state index contributed by atoms with van der Waals surface area (Å²) in [5.41, 5.74) is 2.12. The number of fused-ring (bicyclic) bond motifs is 1. The van der Waals surface area contributed by atoms with Crippen LogP contribution in [-0.2, 0) is 16.1 Å². The first-order valence-corrected chi connectivity index (χ1v) is 5.19. The number of nitrogens with one attached hydrogen (secondary N) is 1. The molecule has 0 spiro atoms. The summed E-state index contributed by atoms with van der Waals surface area (Å²) in [4.78, 5) is 22.7. The van der Waals surface area contributed by atoms with Crippen LogP contribution >= 0.6 is 0 Å². The van der Waals surface area contributed by atoms with Crippen LogP contribution in [0.5, 0.6) is 0 Å². The molecule has 1 heterocycles. The second-order valence-corrected chi connectivity index (χ2v) is 4.09. The minimum atomic E-state index is -0.295. The highest BCUT2D eigenvalue weighted by Gasteiger charge is 2.21. The maximum absolute atomic E-state index is 11.5. The molecule has 4 heteroatoms. The first-order valence-electron chi connectivity index (χ1n) is 5.19. The maximum Gasteiger partial charge on any atom is 0.338 e. The van der Waals surface area contributed by atoms with E-state index in [9.17, 15) is 9.59 Å². The number of carbonyl (C=O) groups is 2. The lowest BCUT2D eigenvalue weighted by Crippen LogP contribution is -2.17. The molecule has 0 saturated heterocycles. The third-order valence-corrected chi connectivity index (χ3v) is 2.48. The Bertz CT molecular complexity index is 452. The van der Waals surface area contributed by atoms with Gasteiger partial charge in [-0.2, -0.15) is 0 Å². The molecule has 1 N–H and O–H groups in total. The number of esters is 1. The first kappa shape index (κ1) is 10.7. The number of amides is 1. The Morgan fingerprint density at radius 2 is 2.19 bits per heavy atom. The highest BCUT2D eigenvalue weighted by atomic mass is 16.5. The quantitative estimate of drug-likeness (QED) is 0.773. The standard InChI is InChI=1S/C12H13NO3/c1-7(2)11(14)13-9-3-4-10-8(5-9)6-16-12(10)15/h3-5,7H,6H2,1-2H3,(H,13,14). The summed E-state index contributed by atoms with van der Waals surface area (Å²) in [5.74, 6) is -0.395. The van der Waals surface area contributed by atoms with Crippen molar-refractivity contribution in [2.75, 3.05) is 5.32 Å². The third-order valence-electron chi connectivity index (χ3n) is 2.48. The molecule has 1 aliphatic heterocycles. The van der Waals surface area contributed by atoms with Gasteiger partial charge in [-0.05, 0) is 18.2 Å². The van der Waals surface area contributed by atoms with E-state index >= 15 is 0 Å². The summed E-state index contributed by atoms with van der Waals surface area (Å²) >= 11 is 0.